The van der Waals surface area contributed by atoms with Crippen LogP contribution in [0.25, 0.3) is 0 Å². The number of halogens is 2. The fraction of sp³-hybridized carbons (Fsp3) is 0.0909. The van der Waals surface area contributed by atoms with Crippen molar-refractivity contribution in [1.29, 1.82) is 0 Å². The number of benzene rings is 3. The van der Waals surface area contributed by atoms with E-state index in [0.717, 1.165) is 21.2 Å². The quantitative estimate of drug-likeness (QED) is 0.383. The molecule has 0 unspecified atom stereocenters. The zero-order valence-electron chi connectivity index (χ0n) is 14.9. The van der Waals surface area contributed by atoms with Gasteiger partial charge in [0.1, 0.15) is 12.4 Å². The van der Waals surface area contributed by atoms with Crippen molar-refractivity contribution >= 4 is 39.7 Å². The predicted molar refractivity (Wildman–Crippen MR) is 116 cm³/mol. The summed E-state index contributed by atoms with van der Waals surface area (Å²) in [7, 11) is 0. The second kappa shape index (κ2) is 10.1. The van der Waals surface area contributed by atoms with Crippen molar-refractivity contribution in [1.82, 2.24) is 5.43 Å². The lowest BCUT2D eigenvalue weighted by atomic mass is 10.1. The Balaban J connectivity index is 1.61. The molecule has 3 rings (SSSR count). The number of hydrogen-bond donors (Lipinski definition) is 1. The van der Waals surface area contributed by atoms with Gasteiger partial charge in [-0.15, -0.1) is 0 Å². The third-order valence-corrected chi connectivity index (χ3v) is 4.63. The van der Waals surface area contributed by atoms with Gasteiger partial charge in [-0.2, -0.15) is 5.10 Å². The van der Waals surface area contributed by atoms with Crippen LogP contribution in [0.1, 0.15) is 16.7 Å². The molecule has 4 nitrogen and oxygen atoms in total. The van der Waals surface area contributed by atoms with Crippen LogP contribution in [0.15, 0.2) is 82.4 Å². The standard InChI is InChI=1S/C22H18BrClN2O2/c23-19-8-11-21(28-15-17-4-2-1-3-5-17)18(13-19)14-25-26-22(27)12-16-6-9-20(24)10-7-16/h1-11,13-14H,12,15H2,(H,26,27)/b25-14+. The lowest BCUT2D eigenvalue weighted by Crippen LogP contribution is -2.19. The molecule has 0 atom stereocenters. The summed E-state index contributed by atoms with van der Waals surface area (Å²) in [5, 5.41) is 4.70. The summed E-state index contributed by atoms with van der Waals surface area (Å²) in [6, 6.07) is 22.7. The second-order valence-corrected chi connectivity index (χ2v) is 7.40. The van der Waals surface area contributed by atoms with Gasteiger partial charge in [-0.1, -0.05) is 70.0 Å². The second-order valence-electron chi connectivity index (χ2n) is 6.05. The molecule has 0 bridgehead atoms. The monoisotopic (exact) mass is 456 g/mol. The molecule has 0 fully saturated rings. The van der Waals surface area contributed by atoms with Gasteiger partial charge in [0.15, 0.2) is 0 Å². The molecule has 28 heavy (non-hydrogen) atoms. The van der Waals surface area contributed by atoms with Crippen LogP contribution in [0.4, 0.5) is 0 Å². The third-order valence-electron chi connectivity index (χ3n) is 3.88. The molecular weight excluding hydrogens is 440 g/mol. The molecule has 0 aliphatic carbocycles. The first-order chi connectivity index (χ1) is 13.6. The van der Waals surface area contributed by atoms with Crippen LogP contribution in [0.5, 0.6) is 5.75 Å². The molecule has 6 heteroatoms. The summed E-state index contributed by atoms with van der Waals surface area (Å²) in [5.74, 6) is 0.475. The molecule has 0 saturated carbocycles. The largest absolute Gasteiger partial charge is 0.488 e. The van der Waals surface area contributed by atoms with Crippen LogP contribution in [-0.2, 0) is 17.8 Å². The molecule has 0 saturated heterocycles. The predicted octanol–water partition coefficient (Wildman–Crippen LogP) is 5.37. The molecule has 142 valence electrons. The molecular formula is C22H18BrClN2O2. The Kier molecular flexibility index (Phi) is 7.23. The van der Waals surface area contributed by atoms with Gasteiger partial charge in [0.2, 0.25) is 5.91 Å². The van der Waals surface area contributed by atoms with Gasteiger partial charge in [0.05, 0.1) is 12.6 Å². The number of ether oxygens (including phenoxy) is 1. The van der Waals surface area contributed by atoms with Gasteiger partial charge in [0.25, 0.3) is 0 Å². The molecule has 0 aromatic heterocycles. The number of nitrogens with one attached hydrogen (secondary N) is 1. The first-order valence-electron chi connectivity index (χ1n) is 8.63. The molecule has 3 aromatic carbocycles. The van der Waals surface area contributed by atoms with Crippen molar-refractivity contribution in [3.63, 3.8) is 0 Å². The van der Waals surface area contributed by atoms with Gasteiger partial charge in [-0.3, -0.25) is 4.79 Å². The Morgan fingerprint density at radius 3 is 2.54 bits per heavy atom. The number of carbonyl (C=O) groups is 1. The maximum Gasteiger partial charge on any atom is 0.244 e. The third kappa shape index (κ3) is 6.22. The highest BCUT2D eigenvalue weighted by Gasteiger charge is 2.05. The van der Waals surface area contributed by atoms with E-state index in [1.54, 1.807) is 18.3 Å². The first kappa shape index (κ1) is 20.1. The molecule has 0 aliphatic heterocycles. The number of carbonyl (C=O) groups excluding carboxylic acids is 1. The molecule has 1 amide bonds. The summed E-state index contributed by atoms with van der Waals surface area (Å²) in [5.41, 5.74) is 5.24. The lowest BCUT2D eigenvalue weighted by Gasteiger charge is -2.09. The van der Waals surface area contributed by atoms with E-state index in [0.29, 0.717) is 17.4 Å². The highest BCUT2D eigenvalue weighted by molar-refractivity contribution is 9.10. The van der Waals surface area contributed by atoms with E-state index in [2.05, 4.69) is 26.5 Å². The van der Waals surface area contributed by atoms with Crippen molar-refractivity contribution in [2.75, 3.05) is 0 Å². The van der Waals surface area contributed by atoms with E-state index in [9.17, 15) is 4.79 Å². The smallest absolute Gasteiger partial charge is 0.244 e. The van der Waals surface area contributed by atoms with Gasteiger partial charge in [-0.05, 0) is 41.5 Å². The van der Waals surface area contributed by atoms with Crippen LogP contribution < -0.4 is 10.2 Å². The van der Waals surface area contributed by atoms with Gasteiger partial charge < -0.3 is 4.74 Å². The van der Waals surface area contributed by atoms with E-state index in [1.165, 1.54) is 0 Å². The first-order valence-corrected chi connectivity index (χ1v) is 9.80. The molecule has 1 N–H and O–H groups in total. The summed E-state index contributed by atoms with van der Waals surface area (Å²) >= 11 is 9.30. The average Bonchev–Trinajstić information content (AvgIpc) is 2.70. The fourth-order valence-electron chi connectivity index (χ4n) is 2.49. The highest BCUT2D eigenvalue weighted by atomic mass is 79.9. The summed E-state index contributed by atoms with van der Waals surface area (Å²) in [4.78, 5) is 12.1. The Hall–Kier alpha value is -2.63. The lowest BCUT2D eigenvalue weighted by molar-refractivity contribution is -0.120. The van der Waals surface area contributed by atoms with Crippen molar-refractivity contribution in [2.24, 2.45) is 5.10 Å². The van der Waals surface area contributed by atoms with Crippen LogP contribution in [0.3, 0.4) is 0 Å². The van der Waals surface area contributed by atoms with E-state index in [1.807, 2.05) is 60.7 Å². The highest BCUT2D eigenvalue weighted by Crippen LogP contribution is 2.22. The SMILES string of the molecule is O=C(Cc1ccc(Cl)cc1)N/N=C/c1cc(Br)ccc1OCc1ccccc1. The minimum atomic E-state index is -0.208. The maximum atomic E-state index is 12.1. The van der Waals surface area contributed by atoms with Crippen molar-refractivity contribution < 1.29 is 9.53 Å². The summed E-state index contributed by atoms with van der Waals surface area (Å²) in [6.07, 6.45) is 1.80. The van der Waals surface area contributed by atoms with Crippen LogP contribution in [0, 0.1) is 0 Å². The van der Waals surface area contributed by atoms with Crippen LogP contribution >= 0.6 is 27.5 Å². The van der Waals surface area contributed by atoms with Gasteiger partial charge in [-0.25, -0.2) is 5.43 Å². The van der Waals surface area contributed by atoms with E-state index in [4.69, 9.17) is 16.3 Å². The van der Waals surface area contributed by atoms with Crippen molar-refractivity contribution in [3.8, 4) is 5.75 Å². The Bertz CT molecular complexity index is 960. The normalized spacial score (nSPS) is 10.8. The molecule has 0 heterocycles. The maximum absolute atomic E-state index is 12.1. The average molecular weight is 458 g/mol. The zero-order chi connectivity index (χ0) is 19.8. The number of amides is 1. The number of rotatable bonds is 7. The summed E-state index contributed by atoms with van der Waals surface area (Å²) in [6.45, 7) is 0.451. The van der Waals surface area contributed by atoms with Crippen molar-refractivity contribution in [2.45, 2.75) is 13.0 Å². The van der Waals surface area contributed by atoms with Gasteiger partial charge in [0, 0.05) is 15.1 Å². The topological polar surface area (TPSA) is 50.7 Å². The van der Waals surface area contributed by atoms with E-state index < -0.39 is 0 Å². The number of nitrogens with zero attached hydrogens (tertiary/aromatic N) is 1. The minimum Gasteiger partial charge on any atom is -0.488 e. The molecule has 0 aliphatic rings. The fourth-order valence-corrected chi connectivity index (χ4v) is 2.99. The van der Waals surface area contributed by atoms with E-state index in [-0.39, 0.29) is 12.3 Å². The van der Waals surface area contributed by atoms with Crippen LogP contribution in [-0.4, -0.2) is 12.1 Å². The Morgan fingerprint density at radius 1 is 1.04 bits per heavy atom. The van der Waals surface area contributed by atoms with Crippen LogP contribution in [0.2, 0.25) is 5.02 Å². The van der Waals surface area contributed by atoms with Crippen molar-refractivity contribution in [3.05, 3.63) is 99.0 Å². The van der Waals surface area contributed by atoms with Gasteiger partial charge >= 0.3 is 0 Å². The Labute approximate surface area is 177 Å². The molecule has 0 radical (unpaired) electrons. The minimum absolute atomic E-state index is 0.208. The zero-order valence-corrected chi connectivity index (χ0v) is 17.3. The van der Waals surface area contributed by atoms with E-state index >= 15 is 0 Å². The number of hydrogen-bond acceptors (Lipinski definition) is 3. The molecule has 0 spiro atoms. The summed E-state index contributed by atoms with van der Waals surface area (Å²) < 4.78 is 6.80. The Morgan fingerprint density at radius 2 is 1.79 bits per heavy atom. The molecule has 3 aromatic rings. The number of hydrazone groups is 1.